The Bertz CT molecular complexity index is 1630. The van der Waals surface area contributed by atoms with Crippen LogP contribution in [0.4, 0.5) is 4.39 Å². The molecule has 0 fully saturated rings. The van der Waals surface area contributed by atoms with E-state index in [-0.39, 0.29) is 23.8 Å². The van der Waals surface area contributed by atoms with Crippen LogP contribution in [-0.4, -0.2) is 59.5 Å². The number of carbonyl (C=O) groups excluding carboxylic acids is 1. The van der Waals surface area contributed by atoms with Crippen molar-refractivity contribution in [1.29, 1.82) is 0 Å². The Hall–Kier alpha value is -4.60. The molecule has 42 heavy (non-hydrogen) atoms. The smallest absolute Gasteiger partial charge is 0.274 e. The number of nitrogens with zero attached hydrogens (tertiary/aromatic N) is 4. The number of hydrogen-bond acceptors (Lipinski definition) is 7. The van der Waals surface area contributed by atoms with Crippen molar-refractivity contribution in [3.05, 3.63) is 65.9 Å². The normalized spacial score (nSPS) is 12.2. The quantitative estimate of drug-likeness (QED) is 0.217. The fraction of sp³-hybridized carbons (Fsp3) is 0.344. The molecule has 0 spiro atoms. The summed E-state index contributed by atoms with van der Waals surface area (Å²) in [6.07, 6.45) is 3.14. The van der Waals surface area contributed by atoms with E-state index < -0.39 is 11.5 Å². The number of fused-ring (bicyclic) bond motifs is 3. The molecule has 5 rings (SSSR count). The molecule has 0 aliphatic carbocycles. The predicted octanol–water partition coefficient (Wildman–Crippen LogP) is 6.31. The molecule has 9 nitrogen and oxygen atoms in total. The highest BCUT2D eigenvalue weighted by atomic mass is 19.1. The van der Waals surface area contributed by atoms with Crippen molar-refractivity contribution in [2.24, 2.45) is 0 Å². The lowest BCUT2D eigenvalue weighted by molar-refractivity contribution is 0.0601. The summed E-state index contributed by atoms with van der Waals surface area (Å²) in [6.45, 7) is 6.28. The second kappa shape index (κ2) is 11.3. The van der Waals surface area contributed by atoms with Crippen LogP contribution in [-0.2, 0) is 6.61 Å². The third kappa shape index (κ3) is 5.01. The maximum absolute atomic E-state index is 14.9. The Kier molecular flexibility index (Phi) is 7.81. The molecule has 0 unspecified atom stereocenters. The van der Waals surface area contributed by atoms with E-state index in [4.69, 9.17) is 24.0 Å². The molecule has 1 aliphatic rings. The van der Waals surface area contributed by atoms with Crippen molar-refractivity contribution >= 4 is 5.91 Å². The Balaban J connectivity index is 1.79. The van der Waals surface area contributed by atoms with Gasteiger partial charge in [0.1, 0.15) is 29.6 Å². The third-order valence-corrected chi connectivity index (χ3v) is 7.82. The summed E-state index contributed by atoms with van der Waals surface area (Å²) < 4.78 is 39.5. The van der Waals surface area contributed by atoms with Gasteiger partial charge in [0.2, 0.25) is 5.95 Å². The molecule has 0 radical (unpaired) electrons. The fourth-order valence-electron chi connectivity index (χ4n) is 5.33. The van der Waals surface area contributed by atoms with Crippen LogP contribution in [0.5, 0.6) is 23.0 Å². The fourth-order valence-corrected chi connectivity index (χ4v) is 5.33. The molecular weight excluding hydrogens is 539 g/mol. The minimum Gasteiger partial charge on any atom is -0.497 e. The molecule has 0 bridgehead atoms. The molecule has 1 aliphatic heterocycles. The van der Waals surface area contributed by atoms with Crippen LogP contribution < -0.4 is 18.9 Å². The standard InChI is InChI=1S/C32H35FN4O5/c1-8-11-32(2,3)36(4)31(38)28-25-18-42-27-17-26(41-7)23(22-10-9-12-34-30(22)33)16-24(27)29(25)37(35-28)19-13-20(39-5)15-21(14-19)40-6/h9-10,12-17H,8,11,18H2,1-7H3. The molecule has 0 saturated heterocycles. The topological polar surface area (TPSA) is 87.9 Å². The number of ether oxygens (including phenoxy) is 4. The van der Waals surface area contributed by atoms with Crippen molar-refractivity contribution in [1.82, 2.24) is 19.7 Å². The first-order valence-electron chi connectivity index (χ1n) is 13.7. The lowest BCUT2D eigenvalue weighted by Crippen LogP contribution is -2.45. The van der Waals surface area contributed by atoms with Gasteiger partial charge in [0.15, 0.2) is 5.69 Å². The lowest BCUT2D eigenvalue weighted by atomic mass is 9.94. The Labute approximate surface area is 244 Å². The minimum atomic E-state index is -0.630. The zero-order valence-corrected chi connectivity index (χ0v) is 24.9. The van der Waals surface area contributed by atoms with Crippen molar-refractivity contribution in [2.45, 2.75) is 45.8 Å². The van der Waals surface area contributed by atoms with Gasteiger partial charge in [0, 0.05) is 65.3 Å². The van der Waals surface area contributed by atoms with Crippen LogP contribution in [0.15, 0.2) is 48.7 Å². The first-order chi connectivity index (χ1) is 20.1. The first kappa shape index (κ1) is 28.9. The molecule has 220 valence electrons. The molecule has 2 aromatic carbocycles. The van der Waals surface area contributed by atoms with Gasteiger partial charge in [0.25, 0.3) is 5.91 Å². The van der Waals surface area contributed by atoms with Gasteiger partial charge in [-0.2, -0.15) is 9.49 Å². The van der Waals surface area contributed by atoms with Crippen LogP contribution in [0.25, 0.3) is 28.1 Å². The number of carbonyl (C=O) groups is 1. The average Bonchev–Trinajstić information content (AvgIpc) is 3.39. The molecule has 0 saturated carbocycles. The molecule has 4 aromatic rings. The van der Waals surface area contributed by atoms with E-state index in [1.807, 2.05) is 26.0 Å². The van der Waals surface area contributed by atoms with Gasteiger partial charge in [-0.25, -0.2) is 9.67 Å². The molecular formula is C32H35FN4O5. The number of rotatable bonds is 9. The van der Waals surface area contributed by atoms with Gasteiger partial charge in [-0.1, -0.05) is 13.3 Å². The maximum Gasteiger partial charge on any atom is 0.274 e. The van der Waals surface area contributed by atoms with Crippen LogP contribution >= 0.6 is 0 Å². The van der Waals surface area contributed by atoms with E-state index in [0.717, 1.165) is 12.8 Å². The van der Waals surface area contributed by atoms with E-state index in [0.29, 0.717) is 51.1 Å². The molecule has 10 heteroatoms. The van der Waals surface area contributed by atoms with Crippen molar-refractivity contribution in [3.63, 3.8) is 0 Å². The van der Waals surface area contributed by atoms with Gasteiger partial charge in [-0.05, 0) is 38.5 Å². The van der Waals surface area contributed by atoms with Gasteiger partial charge in [-0.15, -0.1) is 0 Å². The Morgan fingerprint density at radius 1 is 1.05 bits per heavy atom. The van der Waals surface area contributed by atoms with E-state index in [1.165, 1.54) is 13.3 Å². The van der Waals surface area contributed by atoms with Crippen LogP contribution in [0.2, 0.25) is 0 Å². The summed E-state index contributed by atoms with van der Waals surface area (Å²) in [6, 6.07) is 12.2. The highest BCUT2D eigenvalue weighted by molar-refractivity contribution is 5.97. The summed E-state index contributed by atoms with van der Waals surface area (Å²) in [5.41, 5.74) is 3.15. The monoisotopic (exact) mass is 574 g/mol. The first-order valence-corrected chi connectivity index (χ1v) is 13.7. The third-order valence-electron chi connectivity index (χ3n) is 7.82. The molecule has 3 heterocycles. The number of methoxy groups -OCH3 is 3. The highest BCUT2D eigenvalue weighted by Gasteiger charge is 2.36. The number of amides is 1. The van der Waals surface area contributed by atoms with Gasteiger partial charge in [0.05, 0.1) is 32.7 Å². The average molecular weight is 575 g/mol. The number of halogens is 1. The summed E-state index contributed by atoms with van der Waals surface area (Å²) in [5.74, 6) is 1.20. The molecule has 0 N–H and O–H groups in total. The summed E-state index contributed by atoms with van der Waals surface area (Å²) >= 11 is 0. The molecule has 1 amide bonds. The predicted molar refractivity (Wildman–Crippen MR) is 157 cm³/mol. The molecule has 0 atom stereocenters. The number of benzene rings is 2. The number of hydrogen-bond donors (Lipinski definition) is 0. The van der Waals surface area contributed by atoms with Crippen LogP contribution in [0, 0.1) is 5.95 Å². The van der Waals surface area contributed by atoms with Gasteiger partial charge in [-0.3, -0.25) is 4.79 Å². The van der Waals surface area contributed by atoms with Crippen LogP contribution in [0.1, 0.15) is 49.7 Å². The van der Waals surface area contributed by atoms with E-state index in [2.05, 4.69) is 11.9 Å². The van der Waals surface area contributed by atoms with Crippen LogP contribution in [0.3, 0.4) is 0 Å². The zero-order valence-electron chi connectivity index (χ0n) is 24.9. The van der Waals surface area contributed by atoms with Gasteiger partial charge < -0.3 is 23.8 Å². The van der Waals surface area contributed by atoms with E-state index in [9.17, 15) is 9.18 Å². The van der Waals surface area contributed by atoms with E-state index >= 15 is 0 Å². The second-order valence-corrected chi connectivity index (χ2v) is 10.8. The summed E-state index contributed by atoms with van der Waals surface area (Å²) in [4.78, 5) is 19.6. The summed E-state index contributed by atoms with van der Waals surface area (Å²) in [5, 5.41) is 4.89. The van der Waals surface area contributed by atoms with Crippen molar-refractivity contribution in [2.75, 3.05) is 28.4 Å². The Morgan fingerprint density at radius 2 is 1.76 bits per heavy atom. The maximum atomic E-state index is 14.9. The second-order valence-electron chi connectivity index (χ2n) is 10.8. The minimum absolute atomic E-state index is 0.107. The highest BCUT2D eigenvalue weighted by Crippen LogP contribution is 2.47. The summed E-state index contributed by atoms with van der Waals surface area (Å²) in [7, 11) is 6.46. The van der Waals surface area contributed by atoms with Crippen molar-refractivity contribution < 1.29 is 28.1 Å². The van der Waals surface area contributed by atoms with Gasteiger partial charge >= 0.3 is 0 Å². The van der Waals surface area contributed by atoms with E-state index in [1.54, 1.807) is 61.2 Å². The number of aromatic nitrogens is 3. The Morgan fingerprint density at radius 3 is 2.38 bits per heavy atom. The molecule has 2 aromatic heterocycles. The zero-order chi connectivity index (χ0) is 30.2. The van der Waals surface area contributed by atoms with Crippen molar-refractivity contribution in [3.8, 4) is 51.1 Å². The largest absolute Gasteiger partial charge is 0.497 e. The lowest BCUT2D eigenvalue weighted by Gasteiger charge is -2.35. The number of pyridine rings is 1. The SMILES string of the molecule is CCCC(C)(C)N(C)C(=O)c1nn(-c2cc(OC)cc(OC)c2)c2c1COc1cc(OC)c(-c3cccnc3F)cc1-2.